The Kier molecular flexibility index (Phi) is 4.98. The Morgan fingerprint density at radius 2 is 2.12 bits per heavy atom. The molecule has 0 spiro atoms. The Bertz CT molecular complexity index is 984. The molecule has 0 bridgehead atoms. The van der Waals surface area contributed by atoms with Gasteiger partial charge in [-0.15, -0.1) is 0 Å². The quantitative estimate of drug-likeness (QED) is 0.521. The van der Waals surface area contributed by atoms with Gasteiger partial charge in [0.25, 0.3) is 11.2 Å². The van der Waals surface area contributed by atoms with Gasteiger partial charge in [0.2, 0.25) is 5.88 Å². The number of nitriles is 1. The van der Waals surface area contributed by atoms with Crippen LogP contribution in [-0.2, 0) is 6.54 Å². The van der Waals surface area contributed by atoms with Gasteiger partial charge in [0.1, 0.15) is 11.6 Å². The summed E-state index contributed by atoms with van der Waals surface area (Å²) in [5.74, 6) is -0.271. The number of aromatic nitrogens is 1. The highest BCUT2D eigenvalue weighted by molar-refractivity contribution is 5.87. The number of benzene rings is 1. The van der Waals surface area contributed by atoms with Crippen molar-refractivity contribution in [2.45, 2.75) is 27.3 Å². The molecule has 8 nitrogen and oxygen atoms in total. The molecule has 0 saturated carbocycles. The standard InChI is InChI=1S/C17H16N4O4/c1-4-20-16(22)13(8-18)11(3)14(17(20)23)9-19-15-6-5-12(21(24)25)7-10(15)2/h5-7,9,23H,4H2,1-3H3. The number of rotatable bonds is 4. The maximum Gasteiger partial charge on any atom is 0.271 e. The molecule has 1 aromatic carbocycles. The van der Waals surface area contributed by atoms with E-state index in [1.807, 2.05) is 6.07 Å². The fourth-order valence-corrected chi connectivity index (χ4v) is 2.45. The summed E-state index contributed by atoms with van der Waals surface area (Å²) in [7, 11) is 0. The predicted octanol–water partition coefficient (Wildman–Crippen LogP) is 2.72. The minimum Gasteiger partial charge on any atom is -0.494 e. The lowest BCUT2D eigenvalue weighted by Crippen LogP contribution is -2.24. The molecule has 25 heavy (non-hydrogen) atoms. The van der Waals surface area contributed by atoms with E-state index in [0.717, 1.165) is 4.57 Å². The normalized spacial score (nSPS) is 10.8. The maximum absolute atomic E-state index is 12.1. The third kappa shape index (κ3) is 3.26. The van der Waals surface area contributed by atoms with Crippen LogP contribution < -0.4 is 5.56 Å². The molecule has 1 heterocycles. The third-order valence-corrected chi connectivity index (χ3v) is 3.89. The topological polar surface area (TPSA) is 122 Å². The van der Waals surface area contributed by atoms with Crippen LogP contribution in [0, 0.1) is 35.3 Å². The number of aromatic hydroxyl groups is 1. The first-order valence-corrected chi connectivity index (χ1v) is 7.47. The number of pyridine rings is 1. The molecule has 0 saturated heterocycles. The average Bonchev–Trinajstić information content (AvgIpc) is 2.56. The Morgan fingerprint density at radius 1 is 1.44 bits per heavy atom. The Morgan fingerprint density at radius 3 is 2.64 bits per heavy atom. The van der Waals surface area contributed by atoms with Gasteiger partial charge in [-0.05, 0) is 38.0 Å². The molecule has 0 amide bonds. The summed E-state index contributed by atoms with van der Waals surface area (Å²) in [6.07, 6.45) is 1.35. The summed E-state index contributed by atoms with van der Waals surface area (Å²) in [6, 6.07) is 6.08. The lowest BCUT2D eigenvalue weighted by atomic mass is 10.1. The second-order valence-electron chi connectivity index (χ2n) is 5.38. The van der Waals surface area contributed by atoms with Gasteiger partial charge >= 0.3 is 0 Å². The molecule has 0 atom stereocenters. The number of aliphatic imine (C=N–C) groups is 1. The van der Waals surface area contributed by atoms with Gasteiger partial charge in [-0.25, -0.2) is 0 Å². The van der Waals surface area contributed by atoms with Gasteiger partial charge in [-0.2, -0.15) is 5.26 Å². The van der Waals surface area contributed by atoms with E-state index in [0.29, 0.717) is 16.8 Å². The highest BCUT2D eigenvalue weighted by Gasteiger charge is 2.17. The average molecular weight is 340 g/mol. The number of nitro benzene ring substituents is 1. The third-order valence-electron chi connectivity index (χ3n) is 3.89. The van der Waals surface area contributed by atoms with E-state index in [4.69, 9.17) is 0 Å². The smallest absolute Gasteiger partial charge is 0.271 e. The summed E-state index contributed by atoms with van der Waals surface area (Å²) in [4.78, 5) is 26.7. The van der Waals surface area contributed by atoms with Crippen molar-refractivity contribution in [3.8, 4) is 11.9 Å². The number of hydrogen-bond acceptors (Lipinski definition) is 6. The van der Waals surface area contributed by atoms with E-state index in [1.165, 1.54) is 24.4 Å². The van der Waals surface area contributed by atoms with Crippen LogP contribution in [0.3, 0.4) is 0 Å². The zero-order valence-corrected chi connectivity index (χ0v) is 14.0. The maximum atomic E-state index is 12.1. The molecule has 8 heteroatoms. The van der Waals surface area contributed by atoms with Crippen LogP contribution in [0.1, 0.15) is 29.2 Å². The van der Waals surface area contributed by atoms with E-state index in [1.54, 1.807) is 20.8 Å². The Labute approximate surface area is 143 Å². The first-order valence-electron chi connectivity index (χ1n) is 7.47. The number of nitrogens with zero attached hydrogens (tertiary/aromatic N) is 4. The molecular weight excluding hydrogens is 324 g/mol. The monoisotopic (exact) mass is 340 g/mol. The molecule has 1 aromatic heterocycles. The summed E-state index contributed by atoms with van der Waals surface area (Å²) in [5.41, 5.74) is 1.02. The summed E-state index contributed by atoms with van der Waals surface area (Å²) in [6.45, 7) is 5.12. The Hall–Kier alpha value is -3.47. The van der Waals surface area contributed by atoms with Gasteiger partial charge in [0.15, 0.2) is 0 Å². The van der Waals surface area contributed by atoms with Gasteiger partial charge in [-0.1, -0.05) is 0 Å². The van der Waals surface area contributed by atoms with Crippen molar-refractivity contribution < 1.29 is 10.0 Å². The molecule has 0 fully saturated rings. The van der Waals surface area contributed by atoms with Gasteiger partial charge in [0.05, 0.1) is 16.2 Å². The molecule has 128 valence electrons. The van der Waals surface area contributed by atoms with Crippen molar-refractivity contribution in [3.05, 3.63) is 60.9 Å². The minimum atomic E-state index is -0.552. The number of hydrogen-bond donors (Lipinski definition) is 1. The van der Waals surface area contributed by atoms with Gasteiger partial charge in [0, 0.05) is 24.9 Å². The van der Waals surface area contributed by atoms with E-state index < -0.39 is 10.5 Å². The zero-order valence-electron chi connectivity index (χ0n) is 14.0. The van der Waals surface area contributed by atoms with Crippen molar-refractivity contribution in [2.75, 3.05) is 0 Å². The van der Waals surface area contributed by atoms with Crippen molar-refractivity contribution >= 4 is 17.6 Å². The first kappa shape index (κ1) is 17.9. The first-order chi connectivity index (χ1) is 11.8. The predicted molar refractivity (Wildman–Crippen MR) is 92.6 cm³/mol. The SMILES string of the molecule is CCn1c(O)c(C=Nc2ccc([N+](=O)[O-])cc2C)c(C)c(C#N)c1=O. The summed E-state index contributed by atoms with van der Waals surface area (Å²) in [5, 5.41) is 30.3. The van der Waals surface area contributed by atoms with E-state index >= 15 is 0 Å². The molecule has 1 N–H and O–H groups in total. The second-order valence-corrected chi connectivity index (χ2v) is 5.38. The van der Waals surface area contributed by atoms with Crippen molar-refractivity contribution in [1.29, 1.82) is 5.26 Å². The second kappa shape index (κ2) is 6.97. The minimum absolute atomic E-state index is 0.0400. The molecule has 2 rings (SSSR count). The highest BCUT2D eigenvalue weighted by Crippen LogP contribution is 2.25. The number of non-ortho nitro benzene ring substituents is 1. The lowest BCUT2D eigenvalue weighted by Gasteiger charge is -2.12. The number of nitro groups is 1. The molecule has 0 aliphatic heterocycles. The van der Waals surface area contributed by atoms with Crippen molar-refractivity contribution in [2.24, 2.45) is 4.99 Å². The van der Waals surface area contributed by atoms with Crippen LogP contribution in [0.15, 0.2) is 28.0 Å². The fourth-order valence-electron chi connectivity index (χ4n) is 2.45. The largest absolute Gasteiger partial charge is 0.494 e. The molecule has 2 aromatic rings. The fraction of sp³-hybridized carbons (Fsp3) is 0.235. The molecule has 0 radical (unpaired) electrons. The van der Waals surface area contributed by atoms with E-state index in [2.05, 4.69) is 4.99 Å². The summed E-state index contributed by atoms with van der Waals surface area (Å²) < 4.78 is 1.09. The van der Waals surface area contributed by atoms with Crippen LogP contribution in [0.5, 0.6) is 5.88 Å². The molecule has 0 aliphatic carbocycles. The van der Waals surface area contributed by atoms with Crippen LogP contribution in [0.4, 0.5) is 11.4 Å². The molecule has 0 unspecified atom stereocenters. The van der Waals surface area contributed by atoms with Crippen LogP contribution >= 0.6 is 0 Å². The van der Waals surface area contributed by atoms with Crippen molar-refractivity contribution in [1.82, 2.24) is 4.57 Å². The molecular formula is C17H16N4O4. The van der Waals surface area contributed by atoms with Crippen LogP contribution in [0.2, 0.25) is 0 Å². The molecule has 0 aliphatic rings. The van der Waals surface area contributed by atoms with Gasteiger partial charge < -0.3 is 5.11 Å². The number of aryl methyl sites for hydroxylation is 1. The van der Waals surface area contributed by atoms with Crippen molar-refractivity contribution in [3.63, 3.8) is 0 Å². The zero-order chi connectivity index (χ0) is 18.7. The summed E-state index contributed by atoms with van der Waals surface area (Å²) >= 11 is 0. The highest BCUT2D eigenvalue weighted by atomic mass is 16.6. The lowest BCUT2D eigenvalue weighted by molar-refractivity contribution is -0.384. The van der Waals surface area contributed by atoms with E-state index in [-0.39, 0.29) is 29.2 Å². The van der Waals surface area contributed by atoms with E-state index in [9.17, 15) is 25.3 Å². The van der Waals surface area contributed by atoms with Gasteiger partial charge in [-0.3, -0.25) is 24.5 Å². The Balaban J connectivity index is 2.58. The van der Waals surface area contributed by atoms with Crippen LogP contribution in [0.25, 0.3) is 0 Å². The van der Waals surface area contributed by atoms with Crippen LogP contribution in [-0.4, -0.2) is 20.8 Å².